The second-order valence-corrected chi connectivity index (χ2v) is 4.84. The van der Waals surface area contributed by atoms with Gasteiger partial charge < -0.3 is 4.90 Å². The first-order valence-corrected chi connectivity index (χ1v) is 6.04. The molecule has 0 aliphatic carbocycles. The molecule has 1 heterocycles. The first kappa shape index (κ1) is 12.5. The highest BCUT2D eigenvalue weighted by Crippen LogP contribution is 2.31. The number of nitro benzene ring substituents is 1. The van der Waals surface area contributed by atoms with Gasteiger partial charge in [-0.15, -0.1) is 0 Å². The van der Waals surface area contributed by atoms with Gasteiger partial charge in [0.1, 0.15) is 0 Å². The molecular formula is C13H16N2O3. The van der Waals surface area contributed by atoms with Crippen molar-refractivity contribution < 1.29 is 9.72 Å². The van der Waals surface area contributed by atoms with Crippen molar-refractivity contribution in [1.29, 1.82) is 0 Å². The molecule has 0 saturated carbocycles. The number of carbonyl (C=O) groups excluding carboxylic acids is 1. The van der Waals surface area contributed by atoms with Crippen LogP contribution >= 0.6 is 0 Å². The summed E-state index contributed by atoms with van der Waals surface area (Å²) in [5.41, 5.74) is 1.75. The Labute approximate surface area is 106 Å². The third kappa shape index (κ3) is 2.34. The van der Waals surface area contributed by atoms with Crippen LogP contribution in [0.15, 0.2) is 18.2 Å². The van der Waals surface area contributed by atoms with Crippen LogP contribution in [-0.2, 0) is 11.2 Å². The Bertz CT molecular complexity index is 499. The Kier molecular flexibility index (Phi) is 3.32. The van der Waals surface area contributed by atoms with Gasteiger partial charge in [-0.1, -0.05) is 13.0 Å². The fraction of sp³-hybridized carbons (Fsp3) is 0.462. The Morgan fingerprint density at radius 1 is 1.50 bits per heavy atom. The molecule has 5 heteroatoms. The van der Waals surface area contributed by atoms with Crippen LogP contribution in [0.3, 0.4) is 0 Å². The number of benzene rings is 1. The highest BCUT2D eigenvalue weighted by atomic mass is 16.6. The van der Waals surface area contributed by atoms with Crippen LogP contribution in [0.4, 0.5) is 11.4 Å². The van der Waals surface area contributed by atoms with Crippen molar-refractivity contribution in [2.75, 3.05) is 11.4 Å². The van der Waals surface area contributed by atoms with Gasteiger partial charge in [-0.25, -0.2) is 0 Å². The quantitative estimate of drug-likeness (QED) is 0.566. The molecule has 0 spiro atoms. The van der Waals surface area contributed by atoms with Crippen molar-refractivity contribution in [2.45, 2.75) is 26.7 Å². The van der Waals surface area contributed by atoms with Crippen LogP contribution in [0, 0.1) is 16.0 Å². The van der Waals surface area contributed by atoms with Crippen LogP contribution in [0.1, 0.15) is 25.8 Å². The van der Waals surface area contributed by atoms with E-state index in [9.17, 15) is 14.9 Å². The van der Waals surface area contributed by atoms with Crippen molar-refractivity contribution in [3.05, 3.63) is 33.9 Å². The van der Waals surface area contributed by atoms with E-state index in [1.54, 1.807) is 11.0 Å². The largest absolute Gasteiger partial charge is 0.312 e. The number of hydrogen-bond acceptors (Lipinski definition) is 3. The molecule has 0 saturated heterocycles. The summed E-state index contributed by atoms with van der Waals surface area (Å²) in [5.74, 6) is 0.339. The molecule has 1 unspecified atom stereocenters. The lowest BCUT2D eigenvalue weighted by Crippen LogP contribution is -2.32. The fourth-order valence-corrected chi connectivity index (χ4v) is 2.33. The Morgan fingerprint density at radius 3 is 2.83 bits per heavy atom. The molecule has 18 heavy (non-hydrogen) atoms. The summed E-state index contributed by atoms with van der Waals surface area (Å²) >= 11 is 0. The van der Waals surface area contributed by atoms with E-state index in [1.807, 2.05) is 0 Å². The third-order valence-electron chi connectivity index (χ3n) is 3.35. The van der Waals surface area contributed by atoms with Crippen LogP contribution in [0.5, 0.6) is 0 Å². The third-order valence-corrected chi connectivity index (χ3v) is 3.35. The minimum Gasteiger partial charge on any atom is -0.312 e. The van der Waals surface area contributed by atoms with Gasteiger partial charge in [-0.05, 0) is 24.3 Å². The van der Waals surface area contributed by atoms with Crippen LogP contribution in [0.25, 0.3) is 0 Å². The lowest BCUT2D eigenvalue weighted by Gasteiger charge is -2.22. The lowest BCUT2D eigenvalue weighted by atomic mass is 10.0. The van der Waals surface area contributed by atoms with E-state index >= 15 is 0 Å². The average Bonchev–Trinajstić information content (AvgIpc) is 2.48. The summed E-state index contributed by atoms with van der Waals surface area (Å²) in [4.78, 5) is 23.7. The molecular weight excluding hydrogens is 232 g/mol. The van der Waals surface area contributed by atoms with E-state index in [1.165, 1.54) is 19.1 Å². The molecule has 0 radical (unpaired) electrons. The molecule has 0 N–H and O–H groups in total. The monoisotopic (exact) mass is 248 g/mol. The molecule has 0 fully saturated rings. The highest BCUT2D eigenvalue weighted by Gasteiger charge is 2.24. The van der Waals surface area contributed by atoms with Gasteiger partial charge in [-0.2, -0.15) is 0 Å². The van der Waals surface area contributed by atoms with Crippen molar-refractivity contribution in [2.24, 2.45) is 5.92 Å². The number of nitrogens with zero attached hydrogens (tertiary/aromatic N) is 2. The maximum absolute atomic E-state index is 11.7. The second-order valence-electron chi connectivity index (χ2n) is 4.84. The topological polar surface area (TPSA) is 63.5 Å². The van der Waals surface area contributed by atoms with Crippen molar-refractivity contribution in [3.63, 3.8) is 0 Å². The van der Waals surface area contributed by atoms with Crippen molar-refractivity contribution in [1.82, 2.24) is 0 Å². The molecule has 1 aromatic rings. The summed E-state index contributed by atoms with van der Waals surface area (Å²) in [7, 11) is 0. The average molecular weight is 248 g/mol. The molecule has 0 bridgehead atoms. The van der Waals surface area contributed by atoms with Gasteiger partial charge in [0, 0.05) is 25.6 Å². The molecule has 1 amide bonds. The summed E-state index contributed by atoms with van der Waals surface area (Å²) in [5, 5.41) is 10.8. The SMILES string of the molecule is CC(=O)N1CC(C)CCc2ccc([N+](=O)[O-])cc21. The van der Waals surface area contributed by atoms with Gasteiger partial charge in [0.2, 0.25) is 5.91 Å². The lowest BCUT2D eigenvalue weighted by molar-refractivity contribution is -0.384. The number of anilines is 1. The normalized spacial score (nSPS) is 19.0. The van der Waals surface area contributed by atoms with Crippen LogP contribution in [-0.4, -0.2) is 17.4 Å². The molecule has 1 atom stereocenters. The van der Waals surface area contributed by atoms with Gasteiger partial charge in [0.25, 0.3) is 5.69 Å². The van der Waals surface area contributed by atoms with Crippen LogP contribution in [0.2, 0.25) is 0 Å². The number of amides is 1. The van der Waals surface area contributed by atoms with Gasteiger partial charge >= 0.3 is 0 Å². The zero-order valence-corrected chi connectivity index (χ0v) is 10.5. The summed E-state index contributed by atoms with van der Waals surface area (Å²) in [6.07, 6.45) is 1.85. The van der Waals surface area contributed by atoms with Crippen LogP contribution < -0.4 is 4.90 Å². The zero-order valence-electron chi connectivity index (χ0n) is 10.5. The number of rotatable bonds is 1. The molecule has 0 aromatic heterocycles. The van der Waals surface area contributed by atoms with Crippen molar-refractivity contribution in [3.8, 4) is 0 Å². The maximum Gasteiger partial charge on any atom is 0.271 e. The predicted octanol–water partition coefficient (Wildman–Crippen LogP) is 2.53. The Hall–Kier alpha value is -1.91. The van der Waals surface area contributed by atoms with E-state index in [0.29, 0.717) is 18.2 Å². The number of aryl methyl sites for hydroxylation is 1. The number of non-ortho nitro benzene ring substituents is 1. The van der Waals surface area contributed by atoms with Gasteiger partial charge in [-0.3, -0.25) is 14.9 Å². The number of nitro groups is 1. The molecule has 5 nitrogen and oxygen atoms in total. The molecule has 1 aliphatic rings. The maximum atomic E-state index is 11.7. The number of carbonyl (C=O) groups is 1. The second kappa shape index (κ2) is 4.76. The fourth-order valence-electron chi connectivity index (χ4n) is 2.33. The van der Waals surface area contributed by atoms with E-state index in [4.69, 9.17) is 0 Å². The smallest absolute Gasteiger partial charge is 0.271 e. The Morgan fingerprint density at radius 2 is 2.22 bits per heavy atom. The molecule has 1 aliphatic heterocycles. The highest BCUT2D eigenvalue weighted by molar-refractivity contribution is 5.93. The summed E-state index contributed by atoms with van der Waals surface area (Å²) in [6.45, 7) is 4.22. The summed E-state index contributed by atoms with van der Waals surface area (Å²) in [6, 6.07) is 4.78. The predicted molar refractivity (Wildman–Crippen MR) is 68.6 cm³/mol. The van der Waals surface area contributed by atoms with Gasteiger partial charge in [0.05, 0.1) is 10.6 Å². The standard InChI is InChI=1S/C13H16N2O3/c1-9-3-4-11-5-6-12(15(17)18)7-13(11)14(8-9)10(2)16/h5-7,9H,3-4,8H2,1-2H3. The molecule has 1 aromatic carbocycles. The molecule has 2 rings (SSSR count). The van der Waals surface area contributed by atoms with Crippen molar-refractivity contribution >= 4 is 17.3 Å². The number of fused-ring (bicyclic) bond motifs is 1. The zero-order chi connectivity index (χ0) is 13.3. The van der Waals surface area contributed by atoms with E-state index in [-0.39, 0.29) is 11.6 Å². The summed E-state index contributed by atoms with van der Waals surface area (Å²) < 4.78 is 0. The van der Waals surface area contributed by atoms with Gasteiger partial charge in [0.15, 0.2) is 0 Å². The van der Waals surface area contributed by atoms with E-state index in [2.05, 4.69) is 6.92 Å². The van der Waals surface area contributed by atoms with E-state index in [0.717, 1.165) is 18.4 Å². The molecule has 96 valence electrons. The first-order chi connectivity index (χ1) is 8.49. The minimum absolute atomic E-state index is 0.0366. The Balaban J connectivity index is 2.50. The first-order valence-electron chi connectivity index (χ1n) is 6.04. The van der Waals surface area contributed by atoms with E-state index < -0.39 is 4.92 Å². The number of hydrogen-bond donors (Lipinski definition) is 0. The minimum atomic E-state index is -0.424.